The highest BCUT2D eigenvalue weighted by Gasteiger charge is 2.49. The number of nitrogens with one attached hydrogen (secondary N) is 1. The maximum Gasteiger partial charge on any atom is 0.393 e. The van der Waals surface area contributed by atoms with E-state index < -0.39 is 46.6 Å². The van der Waals surface area contributed by atoms with Gasteiger partial charge in [0.15, 0.2) is 9.84 Å². The Morgan fingerprint density at radius 1 is 1.31 bits per heavy atom. The molecule has 1 fully saturated rings. The fourth-order valence-electron chi connectivity index (χ4n) is 2.88. The van der Waals surface area contributed by atoms with Crippen molar-refractivity contribution in [1.29, 1.82) is 0 Å². The predicted molar refractivity (Wildman–Crippen MR) is 92.0 cm³/mol. The molecule has 5 nitrogen and oxygen atoms in total. The zero-order chi connectivity index (χ0) is 19.5. The number of likely N-dealkylation sites (tertiary alicyclic amines) is 1. The molecular weight excluding hydrogens is 369 g/mol. The van der Waals surface area contributed by atoms with E-state index in [1.807, 2.05) is 0 Å². The molecule has 1 heterocycles. The number of hydrogen-bond acceptors (Lipinski definition) is 3. The Morgan fingerprint density at radius 2 is 1.92 bits per heavy atom. The summed E-state index contributed by atoms with van der Waals surface area (Å²) in [5, 5.41) is 3.49. The summed E-state index contributed by atoms with van der Waals surface area (Å²) in [6.07, 6.45) is -2.29. The Morgan fingerprint density at radius 3 is 2.46 bits per heavy atom. The van der Waals surface area contributed by atoms with Gasteiger partial charge in [-0.15, -0.1) is 0 Å². The smallest absolute Gasteiger partial charge is 0.332 e. The molecule has 9 heteroatoms. The van der Waals surface area contributed by atoms with Gasteiger partial charge in [-0.2, -0.15) is 13.2 Å². The third-order valence-corrected chi connectivity index (χ3v) is 4.83. The van der Waals surface area contributed by atoms with Gasteiger partial charge in [0.1, 0.15) is 0 Å². The summed E-state index contributed by atoms with van der Waals surface area (Å²) in [6.45, 7) is 1.12. The van der Waals surface area contributed by atoms with Crippen LogP contribution in [0, 0.1) is 5.92 Å². The van der Waals surface area contributed by atoms with Crippen molar-refractivity contribution in [3.05, 3.63) is 47.4 Å². The SMILES string of the molecule is CC(/C=C/S(C)(=O)=O)NC(=O)N1C[C@@H](C(F)(F)F)C[C@H]1c1ccccc1. The van der Waals surface area contributed by atoms with Crippen molar-refractivity contribution in [1.82, 2.24) is 10.2 Å². The number of amides is 2. The molecule has 1 aliphatic rings. The molecule has 0 radical (unpaired) electrons. The summed E-state index contributed by atoms with van der Waals surface area (Å²) in [5.74, 6) is -1.60. The lowest BCUT2D eigenvalue weighted by Gasteiger charge is -2.26. The molecule has 1 saturated heterocycles. The van der Waals surface area contributed by atoms with Crippen molar-refractivity contribution < 1.29 is 26.4 Å². The molecule has 3 atom stereocenters. The first-order chi connectivity index (χ1) is 12.0. The van der Waals surface area contributed by atoms with Crippen LogP contribution in [0.4, 0.5) is 18.0 Å². The predicted octanol–water partition coefficient (Wildman–Crippen LogP) is 3.27. The lowest BCUT2D eigenvalue weighted by atomic mass is 9.99. The molecule has 0 bridgehead atoms. The fraction of sp³-hybridized carbons (Fsp3) is 0.471. The number of carbonyl (C=O) groups is 1. The third-order valence-electron chi connectivity index (χ3n) is 4.17. The van der Waals surface area contributed by atoms with Gasteiger partial charge in [-0.1, -0.05) is 36.4 Å². The molecule has 0 aliphatic carbocycles. The number of hydrogen-bond donors (Lipinski definition) is 1. The third kappa shape index (κ3) is 5.48. The van der Waals surface area contributed by atoms with E-state index in [1.165, 1.54) is 6.08 Å². The molecule has 1 aromatic rings. The van der Waals surface area contributed by atoms with Crippen LogP contribution in [-0.2, 0) is 9.84 Å². The minimum absolute atomic E-state index is 0.200. The quantitative estimate of drug-likeness (QED) is 0.858. The second-order valence-corrected chi connectivity index (χ2v) is 8.38. The van der Waals surface area contributed by atoms with Gasteiger partial charge in [0, 0.05) is 24.3 Å². The lowest BCUT2D eigenvalue weighted by molar-refractivity contribution is -0.170. The number of alkyl halides is 3. The van der Waals surface area contributed by atoms with E-state index in [9.17, 15) is 26.4 Å². The lowest BCUT2D eigenvalue weighted by Crippen LogP contribution is -2.43. The van der Waals surface area contributed by atoms with E-state index in [2.05, 4.69) is 5.32 Å². The molecule has 0 saturated carbocycles. The molecule has 0 spiro atoms. The van der Waals surface area contributed by atoms with Gasteiger partial charge in [0.05, 0.1) is 12.0 Å². The normalized spacial score (nSPS) is 22.6. The number of benzene rings is 1. The summed E-state index contributed by atoms with van der Waals surface area (Å²) in [6, 6.07) is 6.58. The Labute approximate surface area is 150 Å². The fourth-order valence-corrected chi connectivity index (χ4v) is 3.40. The second kappa shape index (κ2) is 7.69. The first-order valence-corrected chi connectivity index (χ1v) is 10.00. The molecule has 2 amide bonds. The van der Waals surface area contributed by atoms with Crippen LogP contribution in [0.25, 0.3) is 0 Å². The van der Waals surface area contributed by atoms with E-state index in [1.54, 1.807) is 37.3 Å². The van der Waals surface area contributed by atoms with Crippen LogP contribution in [0.15, 0.2) is 41.8 Å². The standard InChI is InChI=1S/C17H21F3N2O3S/c1-12(8-9-26(2,24)25)21-16(23)22-11-14(17(18,19)20)10-15(22)13-6-4-3-5-7-13/h3-9,12,14-15H,10-11H2,1-2H3,(H,21,23)/b9-8+/t12?,14-,15-/m0/s1. The molecule has 1 aromatic carbocycles. The van der Waals surface area contributed by atoms with E-state index in [4.69, 9.17) is 0 Å². The van der Waals surface area contributed by atoms with Gasteiger partial charge < -0.3 is 10.2 Å². The second-order valence-electron chi connectivity index (χ2n) is 6.45. The molecule has 0 aromatic heterocycles. The van der Waals surface area contributed by atoms with Crippen molar-refractivity contribution in [2.45, 2.75) is 31.6 Å². The summed E-state index contributed by atoms with van der Waals surface area (Å²) in [5.41, 5.74) is 0.633. The largest absolute Gasteiger partial charge is 0.393 e. The minimum Gasteiger partial charge on any atom is -0.332 e. The maximum absolute atomic E-state index is 13.2. The number of carbonyl (C=O) groups excluding carboxylic acids is 1. The van der Waals surface area contributed by atoms with Gasteiger partial charge in [0.25, 0.3) is 0 Å². The van der Waals surface area contributed by atoms with Gasteiger partial charge in [-0.3, -0.25) is 0 Å². The van der Waals surface area contributed by atoms with Crippen LogP contribution in [0.5, 0.6) is 0 Å². The Hall–Kier alpha value is -2.03. The number of rotatable bonds is 4. The average Bonchev–Trinajstić information content (AvgIpc) is 2.99. The number of sulfone groups is 1. The Bertz CT molecular complexity index is 763. The first-order valence-electron chi connectivity index (χ1n) is 8.04. The summed E-state index contributed by atoms with van der Waals surface area (Å²) in [4.78, 5) is 13.7. The van der Waals surface area contributed by atoms with Crippen LogP contribution in [-0.4, -0.2) is 44.4 Å². The molecule has 2 rings (SSSR count). The number of urea groups is 1. The van der Waals surface area contributed by atoms with Crippen molar-refractivity contribution in [2.24, 2.45) is 5.92 Å². The highest BCUT2D eigenvalue weighted by atomic mass is 32.2. The maximum atomic E-state index is 13.2. The van der Waals surface area contributed by atoms with E-state index in [0.717, 1.165) is 16.6 Å². The van der Waals surface area contributed by atoms with Crippen LogP contribution < -0.4 is 5.32 Å². The molecule has 1 N–H and O–H groups in total. The summed E-state index contributed by atoms with van der Waals surface area (Å²) < 4.78 is 61.8. The van der Waals surface area contributed by atoms with Crippen LogP contribution in [0.3, 0.4) is 0 Å². The highest BCUT2D eigenvalue weighted by molar-refractivity contribution is 7.93. The molecule has 26 heavy (non-hydrogen) atoms. The average molecular weight is 390 g/mol. The van der Waals surface area contributed by atoms with E-state index in [-0.39, 0.29) is 6.42 Å². The zero-order valence-electron chi connectivity index (χ0n) is 14.4. The summed E-state index contributed by atoms with van der Waals surface area (Å²) in [7, 11) is -3.35. The summed E-state index contributed by atoms with van der Waals surface area (Å²) >= 11 is 0. The number of nitrogens with zero attached hydrogens (tertiary/aromatic N) is 1. The minimum atomic E-state index is -4.39. The molecule has 1 aliphatic heterocycles. The van der Waals surface area contributed by atoms with Crippen molar-refractivity contribution >= 4 is 15.9 Å². The Balaban J connectivity index is 2.17. The zero-order valence-corrected chi connectivity index (χ0v) is 15.2. The van der Waals surface area contributed by atoms with Gasteiger partial charge in [-0.25, -0.2) is 13.2 Å². The van der Waals surface area contributed by atoms with Gasteiger partial charge in [-0.05, 0) is 18.9 Å². The van der Waals surface area contributed by atoms with Crippen LogP contribution >= 0.6 is 0 Å². The van der Waals surface area contributed by atoms with E-state index in [0.29, 0.717) is 5.56 Å². The van der Waals surface area contributed by atoms with Crippen molar-refractivity contribution in [2.75, 3.05) is 12.8 Å². The topological polar surface area (TPSA) is 66.5 Å². The first kappa shape index (κ1) is 20.3. The number of halogens is 3. The van der Waals surface area contributed by atoms with Crippen molar-refractivity contribution in [3.63, 3.8) is 0 Å². The molecular formula is C17H21F3N2O3S. The van der Waals surface area contributed by atoms with Gasteiger partial charge in [0.2, 0.25) is 0 Å². The van der Waals surface area contributed by atoms with Crippen LogP contribution in [0.2, 0.25) is 0 Å². The Kier molecular flexibility index (Phi) is 6.00. The highest BCUT2D eigenvalue weighted by Crippen LogP contribution is 2.42. The van der Waals surface area contributed by atoms with Gasteiger partial charge >= 0.3 is 12.2 Å². The van der Waals surface area contributed by atoms with Crippen molar-refractivity contribution in [3.8, 4) is 0 Å². The monoisotopic (exact) mass is 390 g/mol. The molecule has 1 unspecified atom stereocenters. The van der Waals surface area contributed by atoms with E-state index >= 15 is 0 Å². The van der Waals surface area contributed by atoms with Crippen LogP contribution in [0.1, 0.15) is 24.9 Å². The molecule has 144 valence electrons.